The Balaban J connectivity index is 2.93. The van der Waals surface area contributed by atoms with Crippen LogP contribution in [0.2, 0.25) is 0 Å². The summed E-state index contributed by atoms with van der Waals surface area (Å²) < 4.78 is 0. The number of anilines is 1. The standard InChI is InChI=1S/C10H18N4O/c1-6(2)4-5-8-7(3)12-10(14-11)13-9(8)15/h6H,4-5,11H2,1-3H3,(H2,12,13,14,15). The van der Waals surface area contributed by atoms with Crippen LogP contribution in [-0.2, 0) is 6.42 Å². The fraction of sp³-hybridized carbons (Fsp3) is 0.600. The summed E-state index contributed by atoms with van der Waals surface area (Å²) in [6, 6.07) is 0. The molecule has 0 saturated carbocycles. The summed E-state index contributed by atoms with van der Waals surface area (Å²) >= 11 is 0. The second-order valence-electron chi connectivity index (χ2n) is 4.06. The molecule has 0 saturated heterocycles. The molecule has 0 aliphatic heterocycles. The van der Waals surface area contributed by atoms with Crippen LogP contribution in [0, 0.1) is 12.8 Å². The van der Waals surface area contributed by atoms with E-state index in [1.807, 2.05) is 6.92 Å². The van der Waals surface area contributed by atoms with Crippen molar-refractivity contribution in [2.75, 3.05) is 5.43 Å². The number of aryl methyl sites for hydroxylation is 1. The molecule has 15 heavy (non-hydrogen) atoms. The van der Waals surface area contributed by atoms with Crippen molar-refractivity contribution in [3.63, 3.8) is 0 Å². The molecule has 0 amide bonds. The third-order valence-corrected chi connectivity index (χ3v) is 2.33. The Labute approximate surface area is 89.1 Å². The molecular weight excluding hydrogens is 192 g/mol. The number of nitrogens with two attached hydrogens (primary N) is 1. The van der Waals surface area contributed by atoms with Crippen molar-refractivity contribution in [1.82, 2.24) is 9.97 Å². The van der Waals surface area contributed by atoms with Crippen molar-refractivity contribution in [3.05, 3.63) is 21.6 Å². The lowest BCUT2D eigenvalue weighted by atomic mass is 10.0. The van der Waals surface area contributed by atoms with E-state index in [-0.39, 0.29) is 5.56 Å². The number of rotatable bonds is 4. The third kappa shape index (κ3) is 3.06. The molecule has 1 heterocycles. The highest BCUT2D eigenvalue weighted by molar-refractivity contribution is 5.27. The van der Waals surface area contributed by atoms with Crippen LogP contribution in [-0.4, -0.2) is 9.97 Å². The molecule has 0 unspecified atom stereocenters. The Bertz CT molecular complexity index is 383. The van der Waals surface area contributed by atoms with E-state index in [1.54, 1.807) is 0 Å². The maximum atomic E-state index is 11.6. The fourth-order valence-electron chi connectivity index (χ4n) is 1.41. The number of aromatic amines is 1. The molecule has 0 aromatic carbocycles. The maximum absolute atomic E-state index is 11.6. The topological polar surface area (TPSA) is 83.8 Å². The first kappa shape index (κ1) is 11.7. The van der Waals surface area contributed by atoms with Crippen molar-refractivity contribution in [2.45, 2.75) is 33.6 Å². The molecule has 5 nitrogen and oxygen atoms in total. The summed E-state index contributed by atoms with van der Waals surface area (Å²) in [5.74, 6) is 6.07. The lowest BCUT2D eigenvalue weighted by Crippen LogP contribution is -2.21. The highest BCUT2D eigenvalue weighted by Gasteiger charge is 2.08. The van der Waals surface area contributed by atoms with Crippen LogP contribution >= 0.6 is 0 Å². The first-order chi connectivity index (χ1) is 7.04. The Kier molecular flexibility index (Phi) is 3.85. The first-order valence-corrected chi connectivity index (χ1v) is 5.11. The van der Waals surface area contributed by atoms with Crippen molar-refractivity contribution < 1.29 is 0 Å². The summed E-state index contributed by atoms with van der Waals surface area (Å²) in [5.41, 5.74) is 3.73. The van der Waals surface area contributed by atoms with Gasteiger partial charge in [-0.1, -0.05) is 13.8 Å². The largest absolute Gasteiger partial charge is 0.294 e. The van der Waals surface area contributed by atoms with Crippen LogP contribution in [0.4, 0.5) is 5.95 Å². The van der Waals surface area contributed by atoms with Gasteiger partial charge in [-0.25, -0.2) is 10.8 Å². The third-order valence-electron chi connectivity index (χ3n) is 2.33. The van der Waals surface area contributed by atoms with E-state index < -0.39 is 0 Å². The van der Waals surface area contributed by atoms with Crippen LogP contribution in [0.25, 0.3) is 0 Å². The van der Waals surface area contributed by atoms with E-state index in [2.05, 4.69) is 29.2 Å². The molecule has 1 aromatic heterocycles. The SMILES string of the molecule is Cc1nc(NN)[nH]c(=O)c1CCC(C)C. The maximum Gasteiger partial charge on any atom is 0.255 e. The van der Waals surface area contributed by atoms with E-state index in [0.717, 1.165) is 24.1 Å². The first-order valence-electron chi connectivity index (χ1n) is 5.11. The smallest absolute Gasteiger partial charge is 0.255 e. The second kappa shape index (κ2) is 4.93. The van der Waals surface area contributed by atoms with Gasteiger partial charge in [0.25, 0.3) is 5.56 Å². The molecule has 5 heteroatoms. The lowest BCUT2D eigenvalue weighted by molar-refractivity contribution is 0.582. The number of aromatic nitrogens is 2. The zero-order valence-corrected chi connectivity index (χ0v) is 9.42. The Morgan fingerprint density at radius 1 is 1.53 bits per heavy atom. The number of hydrogen-bond donors (Lipinski definition) is 3. The number of nitrogens with zero attached hydrogens (tertiary/aromatic N) is 1. The van der Waals surface area contributed by atoms with E-state index in [9.17, 15) is 4.79 Å². The van der Waals surface area contributed by atoms with Crippen LogP contribution in [0.15, 0.2) is 4.79 Å². The van der Waals surface area contributed by atoms with E-state index in [4.69, 9.17) is 5.84 Å². The molecule has 0 bridgehead atoms. The molecule has 0 aliphatic carbocycles. The van der Waals surface area contributed by atoms with Gasteiger partial charge in [-0.3, -0.25) is 15.2 Å². The van der Waals surface area contributed by atoms with Gasteiger partial charge in [0.15, 0.2) is 0 Å². The van der Waals surface area contributed by atoms with Gasteiger partial charge in [-0.15, -0.1) is 0 Å². The number of nitrogens with one attached hydrogen (secondary N) is 2. The van der Waals surface area contributed by atoms with Gasteiger partial charge in [0.05, 0.1) is 0 Å². The van der Waals surface area contributed by atoms with Gasteiger partial charge in [0, 0.05) is 11.3 Å². The molecule has 4 N–H and O–H groups in total. The summed E-state index contributed by atoms with van der Waals surface area (Å²) in [6.07, 6.45) is 1.75. The zero-order chi connectivity index (χ0) is 11.4. The second-order valence-corrected chi connectivity index (χ2v) is 4.06. The average Bonchev–Trinajstić information content (AvgIpc) is 2.15. The van der Waals surface area contributed by atoms with Crippen molar-refractivity contribution >= 4 is 5.95 Å². The number of hydrogen-bond acceptors (Lipinski definition) is 4. The minimum atomic E-state index is -0.101. The van der Waals surface area contributed by atoms with Crippen LogP contribution < -0.4 is 16.8 Å². The van der Waals surface area contributed by atoms with Crippen molar-refractivity contribution in [1.29, 1.82) is 0 Å². The van der Waals surface area contributed by atoms with Gasteiger partial charge < -0.3 is 0 Å². The average molecular weight is 210 g/mol. The molecule has 84 valence electrons. The molecule has 0 spiro atoms. The van der Waals surface area contributed by atoms with E-state index in [0.29, 0.717) is 11.9 Å². The summed E-state index contributed by atoms with van der Waals surface area (Å²) in [6.45, 7) is 6.09. The number of H-pyrrole nitrogens is 1. The molecule has 1 aromatic rings. The van der Waals surface area contributed by atoms with Crippen molar-refractivity contribution in [3.8, 4) is 0 Å². The van der Waals surface area contributed by atoms with Crippen LogP contribution in [0.3, 0.4) is 0 Å². The Hall–Kier alpha value is -1.36. The van der Waals surface area contributed by atoms with Gasteiger partial charge in [-0.2, -0.15) is 0 Å². The summed E-state index contributed by atoms with van der Waals surface area (Å²) in [4.78, 5) is 18.4. The normalized spacial score (nSPS) is 10.7. The minimum Gasteiger partial charge on any atom is -0.294 e. The van der Waals surface area contributed by atoms with Crippen LogP contribution in [0.1, 0.15) is 31.5 Å². The van der Waals surface area contributed by atoms with Gasteiger partial charge in [0.2, 0.25) is 5.95 Å². The lowest BCUT2D eigenvalue weighted by Gasteiger charge is -2.07. The van der Waals surface area contributed by atoms with Gasteiger partial charge >= 0.3 is 0 Å². The number of hydrazine groups is 1. The van der Waals surface area contributed by atoms with E-state index >= 15 is 0 Å². The predicted octanol–water partition coefficient (Wildman–Crippen LogP) is 0.953. The van der Waals surface area contributed by atoms with Crippen molar-refractivity contribution in [2.24, 2.45) is 11.8 Å². The molecule has 0 radical (unpaired) electrons. The molecule has 0 fully saturated rings. The summed E-state index contributed by atoms with van der Waals surface area (Å²) in [5, 5.41) is 0. The number of nitrogen functional groups attached to an aromatic ring is 1. The highest BCUT2D eigenvalue weighted by Crippen LogP contribution is 2.08. The summed E-state index contributed by atoms with van der Waals surface area (Å²) in [7, 11) is 0. The zero-order valence-electron chi connectivity index (χ0n) is 9.42. The predicted molar refractivity (Wildman–Crippen MR) is 60.6 cm³/mol. The molecule has 1 rings (SSSR count). The Morgan fingerprint density at radius 3 is 2.67 bits per heavy atom. The molecule has 0 atom stereocenters. The monoisotopic (exact) mass is 210 g/mol. The quantitative estimate of drug-likeness (QED) is 0.510. The van der Waals surface area contributed by atoms with Crippen LogP contribution in [0.5, 0.6) is 0 Å². The van der Waals surface area contributed by atoms with E-state index in [1.165, 1.54) is 0 Å². The minimum absolute atomic E-state index is 0.101. The van der Waals surface area contributed by atoms with Gasteiger partial charge in [0.1, 0.15) is 0 Å². The van der Waals surface area contributed by atoms with Gasteiger partial charge in [-0.05, 0) is 25.7 Å². The molecule has 0 aliphatic rings. The fourth-order valence-corrected chi connectivity index (χ4v) is 1.41. The molecular formula is C10H18N4O. The highest BCUT2D eigenvalue weighted by atomic mass is 16.1. The Morgan fingerprint density at radius 2 is 2.20 bits per heavy atom.